The average molecular weight is 179 g/mol. The van der Waals surface area contributed by atoms with Crippen molar-refractivity contribution in [1.82, 2.24) is 0 Å². The van der Waals surface area contributed by atoms with Gasteiger partial charge in [-0.15, -0.1) is 0 Å². The number of carbonyl (C=O) groups is 1. The Labute approximate surface area is 77.2 Å². The second kappa shape index (κ2) is 3.09. The van der Waals surface area contributed by atoms with Gasteiger partial charge < -0.3 is 10.8 Å². The number of hydrogen-bond acceptors (Lipinski definition) is 2. The van der Waals surface area contributed by atoms with Gasteiger partial charge in [-0.1, -0.05) is 32.1 Å². The molecule has 13 heavy (non-hydrogen) atoms. The van der Waals surface area contributed by atoms with Crippen molar-refractivity contribution in [3.63, 3.8) is 0 Å². The van der Waals surface area contributed by atoms with E-state index >= 15 is 0 Å². The number of rotatable bonds is 1. The van der Waals surface area contributed by atoms with E-state index in [1.807, 2.05) is 19.9 Å². The van der Waals surface area contributed by atoms with Crippen LogP contribution in [0.15, 0.2) is 35.6 Å². The minimum Gasteiger partial charge on any atom is -0.478 e. The molecule has 0 aliphatic heterocycles. The highest BCUT2D eigenvalue weighted by molar-refractivity contribution is 5.91. The Bertz CT molecular complexity index is 322. The van der Waals surface area contributed by atoms with Crippen molar-refractivity contribution >= 4 is 5.97 Å². The van der Waals surface area contributed by atoms with Crippen LogP contribution in [0.2, 0.25) is 0 Å². The van der Waals surface area contributed by atoms with Crippen LogP contribution in [0.1, 0.15) is 13.8 Å². The van der Waals surface area contributed by atoms with Gasteiger partial charge in [0.05, 0.1) is 5.57 Å². The SMILES string of the molecule is CC1(C)C=CC=C(N)C(C(=O)O)=C1. The first-order chi connectivity index (χ1) is 5.92. The lowest BCUT2D eigenvalue weighted by molar-refractivity contribution is -0.132. The molecule has 0 saturated heterocycles. The van der Waals surface area contributed by atoms with Crippen molar-refractivity contribution in [2.24, 2.45) is 11.1 Å². The maximum atomic E-state index is 10.8. The molecule has 0 fully saturated rings. The summed E-state index contributed by atoms with van der Waals surface area (Å²) < 4.78 is 0. The standard InChI is InChI=1S/C10H13NO2/c1-10(2)5-3-4-8(11)7(6-10)9(12)13/h3-6H,11H2,1-2H3,(H,12,13). The minimum absolute atomic E-state index is 0.176. The molecule has 1 aliphatic carbocycles. The Morgan fingerprint density at radius 1 is 1.54 bits per heavy atom. The van der Waals surface area contributed by atoms with Crippen LogP contribution in [0, 0.1) is 5.41 Å². The molecule has 0 aromatic heterocycles. The van der Waals surface area contributed by atoms with E-state index in [-0.39, 0.29) is 11.0 Å². The lowest BCUT2D eigenvalue weighted by Gasteiger charge is -2.14. The molecule has 3 nitrogen and oxygen atoms in total. The normalized spacial score (nSPS) is 20.2. The Morgan fingerprint density at radius 3 is 2.69 bits per heavy atom. The van der Waals surface area contributed by atoms with Crippen molar-refractivity contribution in [2.75, 3.05) is 0 Å². The highest BCUT2D eigenvalue weighted by Crippen LogP contribution is 2.25. The number of carboxylic acid groups (broad SMARTS) is 1. The van der Waals surface area contributed by atoms with E-state index in [4.69, 9.17) is 10.8 Å². The van der Waals surface area contributed by atoms with E-state index in [2.05, 4.69) is 0 Å². The van der Waals surface area contributed by atoms with E-state index in [0.29, 0.717) is 5.70 Å². The van der Waals surface area contributed by atoms with Crippen LogP contribution in [0.25, 0.3) is 0 Å². The van der Waals surface area contributed by atoms with Crippen LogP contribution in [0.3, 0.4) is 0 Å². The van der Waals surface area contributed by atoms with Gasteiger partial charge in [0.25, 0.3) is 0 Å². The fourth-order valence-corrected chi connectivity index (χ4v) is 1.18. The summed E-state index contributed by atoms with van der Waals surface area (Å²) in [5, 5.41) is 8.85. The molecule has 3 N–H and O–H groups in total. The molecule has 0 saturated carbocycles. The highest BCUT2D eigenvalue weighted by atomic mass is 16.4. The number of aliphatic carboxylic acids is 1. The second-order valence-electron chi connectivity index (χ2n) is 3.67. The second-order valence-corrected chi connectivity index (χ2v) is 3.67. The predicted octanol–water partition coefficient (Wildman–Crippen LogP) is 1.44. The molecule has 0 atom stereocenters. The van der Waals surface area contributed by atoms with Gasteiger partial charge in [0.15, 0.2) is 0 Å². The van der Waals surface area contributed by atoms with Crippen molar-refractivity contribution in [2.45, 2.75) is 13.8 Å². The van der Waals surface area contributed by atoms with Gasteiger partial charge >= 0.3 is 5.97 Å². The largest absolute Gasteiger partial charge is 0.478 e. The molecule has 70 valence electrons. The average Bonchev–Trinajstić information content (AvgIpc) is 2.10. The topological polar surface area (TPSA) is 63.3 Å². The van der Waals surface area contributed by atoms with Crippen LogP contribution in [0.4, 0.5) is 0 Å². The molecular weight excluding hydrogens is 166 g/mol. The molecule has 1 aliphatic rings. The van der Waals surface area contributed by atoms with Crippen LogP contribution in [0.5, 0.6) is 0 Å². The quantitative estimate of drug-likeness (QED) is 0.640. The first-order valence-corrected chi connectivity index (χ1v) is 4.04. The molecule has 0 radical (unpaired) electrons. The van der Waals surface area contributed by atoms with Crippen molar-refractivity contribution in [3.05, 3.63) is 35.6 Å². The molecule has 0 aromatic rings. The number of carboxylic acids is 1. The zero-order valence-electron chi connectivity index (χ0n) is 7.74. The molecule has 0 bridgehead atoms. The van der Waals surface area contributed by atoms with Crippen molar-refractivity contribution in [3.8, 4) is 0 Å². The summed E-state index contributed by atoms with van der Waals surface area (Å²) in [6.07, 6.45) is 6.96. The Morgan fingerprint density at radius 2 is 2.15 bits per heavy atom. The fraction of sp³-hybridized carbons (Fsp3) is 0.300. The van der Waals surface area contributed by atoms with Gasteiger partial charge in [-0.2, -0.15) is 0 Å². The summed E-state index contributed by atoms with van der Waals surface area (Å²) >= 11 is 0. The Hall–Kier alpha value is -1.51. The molecule has 0 heterocycles. The highest BCUT2D eigenvalue weighted by Gasteiger charge is 2.19. The van der Waals surface area contributed by atoms with Crippen molar-refractivity contribution < 1.29 is 9.90 Å². The predicted molar refractivity (Wildman–Crippen MR) is 50.9 cm³/mol. The van der Waals surface area contributed by atoms with Gasteiger partial charge in [-0.05, 0) is 6.08 Å². The molecule has 3 heteroatoms. The Balaban J connectivity index is 3.17. The van der Waals surface area contributed by atoms with E-state index < -0.39 is 5.97 Å². The van der Waals surface area contributed by atoms with E-state index in [1.165, 1.54) is 0 Å². The Kier molecular flexibility index (Phi) is 2.28. The number of nitrogens with two attached hydrogens (primary N) is 1. The monoisotopic (exact) mass is 179 g/mol. The summed E-state index contributed by atoms with van der Waals surface area (Å²) in [7, 11) is 0. The van der Waals surface area contributed by atoms with Gasteiger partial charge in [0.1, 0.15) is 0 Å². The van der Waals surface area contributed by atoms with Gasteiger partial charge in [0.2, 0.25) is 0 Å². The molecule has 0 unspecified atom stereocenters. The van der Waals surface area contributed by atoms with Crippen LogP contribution in [-0.2, 0) is 4.79 Å². The molecule has 0 aromatic carbocycles. The smallest absolute Gasteiger partial charge is 0.337 e. The molecule has 0 amide bonds. The first-order valence-electron chi connectivity index (χ1n) is 4.04. The third-order valence-electron chi connectivity index (χ3n) is 1.86. The van der Waals surface area contributed by atoms with E-state index in [1.54, 1.807) is 18.2 Å². The number of allylic oxidation sites excluding steroid dienone is 4. The zero-order chi connectivity index (χ0) is 10.1. The van der Waals surface area contributed by atoms with Crippen LogP contribution < -0.4 is 5.73 Å². The van der Waals surface area contributed by atoms with E-state index in [9.17, 15) is 4.79 Å². The maximum Gasteiger partial charge on any atom is 0.337 e. The van der Waals surface area contributed by atoms with Crippen LogP contribution in [-0.4, -0.2) is 11.1 Å². The third-order valence-corrected chi connectivity index (χ3v) is 1.86. The van der Waals surface area contributed by atoms with Gasteiger partial charge in [0, 0.05) is 11.1 Å². The number of hydrogen-bond donors (Lipinski definition) is 2. The fourth-order valence-electron chi connectivity index (χ4n) is 1.18. The third kappa shape index (κ3) is 2.21. The van der Waals surface area contributed by atoms with Crippen LogP contribution >= 0.6 is 0 Å². The maximum absolute atomic E-state index is 10.8. The molecule has 1 rings (SSSR count). The molecule has 0 spiro atoms. The van der Waals surface area contributed by atoms with Gasteiger partial charge in [-0.25, -0.2) is 4.79 Å². The summed E-state index contributed by atoms with van der Waals surface area (Å²) in [5.41, 5.74) is 5.78. The minimum atomic E-state index is -0.981. The first kappa shape index (κ1) is 9.58. The lowest BCUT2D eigenvalue weighted by Crippen LogP contribution is -2.13. The van der Waals surface area contributed by atoms with E-state index in [0.717, 1.165) is 0 Å². The summed E-state index contributed by atoms with van der Waals surface area (Å²) in [6, 6.07) is 0. The lowest BCUT2D eigenvalue weighted by atomic mass is 9.91. The zero-order valence-corrected chi connectivity index (χ0v) is 7.74. The summed E-state index contributed by atoms with van der Waals surface area (Å²) in [4.78, 5) is 10.8. The van der Waals surface area contributed by atoms with Gasteiger partial charge in [-0.3, -0.25) is 0 Å². The molecular formula is C10H13NO2. The summed E-state index contributed by atoms with van der Waals surface area (Å²) in [6.45, 7) is 3.86. The summed E-state index contributed by atoms with van der Waals surface area (Å²) in [5.74, 6) is -0.981. The van der Waals surface area contributed by atoms with Crippen molar-refractivity contribution in [1.29, 1.82) is 0 Å².